The number of rotatable bonds is 2. The summed E-state index contributed by atoms with van der Waals surface area (Å²) in [5.41, 5.74) is 0.668. The Hall–Kier alpha value is -1.71. The van der Waals surface area contributed by atoms with Gasteiger partial charge in [-0.05, 0) is 28.1 Å². The molecule has 0 spiro atoms. The summed E-state index contributed by atoms with van der Waals surface area (Å²) in [6, 6.07) is 3.66. The maximum Gasteiger partial charge on any atom is 0.235 e. The maximum atomic E-state index is 6.15. The molecule has 0 aromatic carbocycles. The molecule has 0 amide bonds. The summed E-state index contributed by atoms with van der Waals surface area (Å²) in [7, 11) is 1.79. The number of hydrogen-bond donors (Lipinski definition) is 0. The van der Waals surface area contributed by atoms with E-state index in [4.69, 9.17) is 16.0 Å². The van der Waals surface area contributed by atoms with Gasteiger partial charge in [-0.2, -0.15) is 9.61 Å². The average Bonchev–Trinajstić information content (AvgIpc) is 3.16. The van der Waals surface area contributed by atoms with Crippen molar-refractivity contribution < 1.29 is 4.42 Å². The number of fused-ring (bicyclic) bond motifs is 1. The normalized spacial score (nSPS) is 11.6. The van der Waals surface area contributed by atoms with E-state index in [0.717, 1.165) is 0 Å². The largest absolute Gasteiger partial charge is 0.447 e. The van der Waals surface area contributed by atoms with Crippen LogP contribution in [0, 0.1) is 0 Å². The van der Waals surface area contributed by atoms with E-state index in [1.807, 2.05) is 12.1 Å². The van der Waals surface area contributed by atoms with Gasteiger partial charge in [-0.3, -0.25) is 4.68 Å². The molecule has 4 heterocycles. The van der Waals surface area contributed by atoms with Crippen LogP contribution in [0.2, 0.25) is 5.02 Å². The van der Waals surface area contributed by atoms with E-state index in [0.29, 0.717) is 36.9 Å². The van der Waals surface area contributed by atoms with Crippen molar-refractivity contribution in [3.8, 4) is 22.3 Å². The van der Waals surface area contributed by atoms with Gasteiger partial charge in [0.05, 0.1) is 11.2 Å². The van der Waals surface area contributed by atoms with E-state index in [1.54, 1.807) is 22.4 Å². The first-order valence-corrected chi connectivity index (χ1v) is 7.78. The van der Waals surface area contributed by atoms with Crippen molar-refractivity contribution in [3.05, 3.63) is 28.0 Å². The van der Waals surface area contributed by atoms with Crippen LogP contribution in [0.15, 0.2) is 27.4 Å². The van der Waals surface area contributed by atoms with Crippen molar-refractivity contribution in [2.75, 3.05) is 0 Å². The molecule has 0 unspecified atom stereocenters. The fourth-order valence-electron chi connectivity index (χ4n) is 1.96. The van der Waals surface area contributed by atoms with E-state index in [-0.39, 0.29) is 0 Å². The van der Waals surface area contributed by atoms with E-state index in [9.17, 15) is 0 Å². The highest BCUT2D eigenvalue weighted by Gasteiger charge is 2.20. The van der Waals surface area contributed by atoms with Gasteiger partial charge in [-0.25, -0.2) is 0 Å². The Labute approximate surface area is 135 Å². The van der Waals surface area contributed by atoms with Gasteiger partial charge in [0.15, 0.2) is 15.4 Å². The number of hydrogen-bond acceptors (Lipinski definition) is 6. The fourth-order valence-corrected chi connectivity index (χ4v) is 3.31. The van der Waals surface area contributed by atoms with E-state index >= 15 is 0 Å². The summed E-state index contributed by atoms with van der Waals surface area (Å²) in [5, 5.41) is 18.1. The van der Waals surface area contributed by atoms with Crippen LogP contribution >= 0.6 is 38.9 Å². The zero-order chi connectivity index (χ0) is 14.6. The number of aryl methyl sites for hydroxylation is 1. The number of nitrogens with zero attached hydrogens (tertiary/aromatic N) is 6. The standard InChI is InChI=1S/C11H6BrClN6OS/c1-18-8(5(13)4-14-18)9-15-16-11-19(9)17-10(21-11)6-2-3-7(12)20-6/h2-4H,1H3. The van der Waals surface area contributed by atoms with Crippen molar-refractivity contribution in [2.24, 2.45) is 7.05 Å². The highest BCUT2D eigenvalue weighted by molar-refractivity contribution is 9.10. The van der Waals surface area contributed by atoms with Crippen molar-refractivity contribution >= 4 is 43.8 Å². The van der Waals surface area contributed by atoms with Gasteiger partial charge in [-0.15, -0.1) is 15.3 Å². The molecule has 106 valence electrons. The van der Waals surface area contributed by atoms with Crippen LogP contribution in [-0.4, -0.2) is 29.6 Å². The van der Waals surface area contributed by atoms with Gasteiger partial charge in [0.2, 0.25) is 10.8 Å². The van der Waals surface area contributed by atoms with Crippen LogP contribution in [0.3, 0.4) is 0 Å². The molecule has 0 saturated heterocycles. The zero-order valence-electron chi connectivity index (χ0n) is 10.5. The van der Waals surface area contributed by atoms with E-state index < -0.39 is 0 Å². The Bertz CT molecular complexity index is 934. The molecule has 0 radical (unpaired) electrons. The predicted octanol–water partition coefficient (Wildman–Crippen LogP) is 3.26. The summed E-state index contributed by atoms with van der Waals surface area (Å²) in [6.45, 7) is 0. The molecule has 0 aliphatic carbocycles. The highest BCUT2D eigenvalue weighted by Crippen LogP contribution is 2.32. The Balaban J connectivity index is 1.91. The average molecular weight is 386 g/mol. The minimum atomic E-state index is 0.502. The third-order valence-corrected chi connectivity index (χ3v) is 4.50. The molecule has 21 heavy (non-hydrogen) atoms. The summed E-state index contributed by atoms with van der Waals surface area (Å²) in [4.78, 5) is 0.657. The molecular weight excluding hydrogens is 380 g/mol. The van der Waals surface area contributed by atoms with Gasteiger partial charge in [0.1, 0.15) is 5.69 Å². The zero-order valence-corrected chi connectivity index (χ0v) is 13.6. The first-order valence-electron chi connectivity index (χ1n) is 5.79. The maximum absolute atomic E-state index is 6.15. The van der Waals surface area contributed by atoms with Crippen LogP contribution in [0.4, 0.5) is 0 Å². The Morgan fingerprint density at radius 1 is 1.33 bits per heavy atom. The lowest BCUT2D eigenvalue weighted by molar-refractivity contribution is 0.554. The first kappa shape index (κ1) is 13.0. The molecular formula is C11H6BrClN6OS. The molecule has 4 aromatic rings. The third-order valence-electron chi connectivity index (χ3n) is 2.88. The lowest BCUT2D eigenvalue weighted by atomic mass is 10.4. The molecule has 7 nitrogen and oxygen atoms in total. The summed E-state index contributed by atoms with van der Waals surface area (Å²) >= 11 is 10.8. The Kier molecular flexibility index (Phi) is 2.88. The molecule has 4 rings (SSSR count). The minimum absolute atomic E-state index is 0.502. The van der Waals surface area contributed by atoms with Gasteiger partial charge in [-0.1, -0.05) is 22.9 Å². The topological polar surface area (TPSA) is 74.0 Å². The van der Waals surface area contributed by atoms with Crippen molar-refractivity contribution in [1.29, 1.82) is 0 Å². The second-order valence-electron chi connectivity index (χ2n) is 4.19. The van der Waals surface area contributed by atoms with Crippen molar-refractivity contribution in [2.45, 2.75) is 0 Å². The molecule has 0 atom stereocenters. The lowest BCUT2D eigenvalue weighted by Gasteiger charge is -1.98. The third kappa shape index (κ3) is 2.00. The number of aromatic nitrogens is 6. The van der Waals surface area contributed by atoms with E-state index in [1.165, 1.54) is 11.3 Å². The van der Waals surface area contributed by atoms with Crippen molar-refractivity contribution in [3.63, 3.8) is 0 Å². The number of halogens is 2. The molecule has 0 N–H and O–H groups in total. The van der Waals surface area contributed by atoms with Gasteiger partial charge in [0.25, 0.3) is 0 Å². The molecule has 0 fully saturated rings. The molecule has 10 heteroatoms. The summed E-state index contributed by atoms with van der Waals surface area (Å²) in [6.07, 6.45) is 1.56. The van der Waals surface area contributed by atoms with Crippen LogP contribution in [0.25, 0.3) is 27.2 Å². The Morgan fingerprint density at radius 2 is 2.19 bits per heavy atom. The van der Waals surface area contributed by atoms with Crippen LogP contribution in [0.1, 0.15) is 0 Å². The molecule has 0 aliphatic rings. The quantitative estimate of drug-likeness (QED) is 0.529. The van der Waals surface area contributed by atoms with Crippen LogP contribution in [-0.2, 0) is 7.05 Å². The smallest absolute Gasteiger partial charge is 0.235 e. The van der Waals surface area contributed by atoms with Crippen LogP contribution in [0.5, 0.6) is 0 Å². The SMILES string of the molecule is Cn1ncc(Cl)c1-c1nnc2sc(-c3ccc(Br)o3)nn12. The molecule has 0 saturated carbocycles. The lowest BCUT2D eigenvalue weighted by Crippen LogP contribution is -1.98. The second kappa shape index (κ2) is 4.65. The highest BCUT2D eigenvalue weighted by atomic mass is 79.9. The van der Waals surface area contributed by atoms with Gasteiger partial charge in [0, 0.05) is 7.05 Å². The Morgan fingerprint density at radius 3 is 2.86 bits per heavy atom. The fraction of sp³-hybridized carbons (Fsp3) is 0.0909. The van der Waals surface area contributed by atoms with E-state index in [2.05, 4.69) is 36.3 Å². The molecule has 0 aliphatic heterocycles. The summed E-state index contributed by atoms with van der Waals surface area (Å²) in [5.74, 6) is 1.21. The van der Waals surface area contributed by atoms with Gasteiger partial charge < -0.3 is 4.42 Å². The van der Waals surface area contributed by atoms with Gasteiger partial charge >= 0.3 is 0 Å². The first-order chi connectivity index (χ1) is 10.1. The minimum Gasteiger partial charge on any atom is -0.447 e. The second-order valence-corrected chi connectivity index (χ2v) is 6.34. The predicted molar refractivity (Wildman–Crippen MR) is 81.3 cm³/mol. The molecule has 4 aromatic heterocycles. The summed E-state index contributed by atoms with van der Waals surface area (Å²) < 4.78 is 9.44. The van der Waals surface area contributed by atoms with Crippen molar-refractivity contribution in [1.82, 2.24) is 29.6 Å². The molecule has 0 bridgehead atoms. The monoisotopic (exact) mass is 384 g/mol. The number of furan rings is 1. The van der Waals surface area contributed by atoms with Crippen LogP contribution < -0.4 is 0 Å².